The van der Waals surface area contributed by atoms with E-state index in [2.05, 4.69) is 4.74 Å². The Hall–Kier alpha value is -1.43. The van der Waals surface area contributed by atoms with Crippen molar-refractivity contribution < 1.29 is 22.7 Å². The van der Waals surface area contributed by atoms with Crippen molar-refractivity contribution in [3.63, 3.8) is 0 Å². The zero-order valence-electron chi connectivity index (χ0n) is 11.2. The van der Waals surface area contributed by atoms with Crippen molar-refractivity contribution in [3.05, 3.63) is 29.8 Å². The highest BCUT2D eigenvalue weighted by Gasteiger charge is 2.32. The molecule has 0 radical (unpaired) electrons. The van der Waals surface area contributed by atoms with Crippen LogP contribution in [0.25, 0.3) is 0 Å². The van der Waals surface area contributed by atoms with Crippen LogP contribution in [0.3, 0.4) is 0 Å². The number of nitrogens with zero attached hydrogens (tertiary/aromatic N) is 1. The van der Waals surface area contributed by atoms with Crippen molar-refractivity contribution in [2.75, 3.05) is 12.4 Å². The SMILES string of the molecule is O=C(c1ccc(OC(F)(F)F)cc1)N(CCCl)C1CCC1. The first-order valence-electron chi connectivity index (χ1n) is 6.63. The average Bonchev–Trinajstić information content (AvgIpc) is 2.34. The summed E-state index contributed by atoms with van der Waals surface area (Å²) in [6.07, 6.45) is -1.77. The second-order valence-corrected chi connectivity index (χ2v) is 5.22. The molecule has 116 valence electrons. The number of benzene rings is 1. The van der Waals surface area contributed by atoms with Crippen molar-refractivity contribution in [3.8, 4) is 5.75 Å². The van der Waals surface area contributed by atoms with E-state index >= 15 is 0 Å². The molecular formula is C14H15ClF3NO2. The molecule has 1 aliphatic carbocycles. The number of ether oxygens (including phenoxy) is 1. The molecule has 0 unspecified atom stereocenters. The van der Waals surface area contributed by atoms with Crippen molar-refractivity contribution in [2.45, 2.75) is 31.7 Å². The van der Waals surface area contributed by atoms with Crippen LogP contribution in [0.1, 0.15) is 29.6 Å². The maximum atomic E-state index is 12.4. The molecule has 1 aliphatic rings. The topological polar surface area (TPSA) is 29.5 Å². The third-order valence-electron chi connectivity index (χ3n) is 3.44. The molecule has 1 aromatic rings. The number of amides is 1. The zero-order chi connectivity index (χ0) is 15.5. The summed E-state index contributed by atoms with van der Waals surface area (Å²) >= 11 is 5.71. The summed E-state index contributed by atoms with van der Waals surface area (Å²) in [5.74, 6) is -0.220. The second kappa shape index (κ2) is 6.56. The highest BCUT2D eigenvalue weighted by atomic mass is 35.5. The third kappa shape index (κ3) is 4.27. The van der Waals surface area contributed by atoms with Crippen LogP contribution in [0.2, 0.25) is 0 Å². The Bertz CT molecular complexity index is 486. The lowest BCUT2D eigenvalue weighted by Gasteiger charge is -2.37. The molecule has 0 bridgehead atoms. The van der Waals surface area contributed by atoms with Crippen LogP contribution in [-0.4, -0.2) is 35.6 Å². The smallest absolute Gasteiger partial charge is 0.406 e. The molecule has 7 heteroatoms. The largest absolute Gasteiger partial charge is 0.573 e. The van der Waals surface area contributed by atoms with Crippen LogP contribution in [0.4, 0.5) is 13.2 Å². The fraction of sp³-hybridized carbons (Fsp3) is 0.500. The summed E-state index contributed by atoms with van der Waals surface area (Å²) in [5, 5.41) is 0. The van der Waals surface area contributed by atoms with Gasteiger partial charge in [0.05, 0.1) is 0 Å². The summed E-state index contributed by atoms with van der Waals surface area (Å²) < 4.78 is 40.0. The summed E-state index contributed by atoms with van der Waals surface area (Å²) in [5.41, 5.74) is 0.335. The molecule has 0 saturated heterocycles. The lowest BCUT2D eigenvalue weighted by atomic mass is 9.91. The molecule has 0 heterocycles. The molecule has 1 saturated carbocycles. The minimum absolute atomic E-state index is 0.183. The summed E-state index contributed by atoms with van der Waals surface area (Å²) in [6, 6.07) is 5.13. The van der Waals surface area contributed by atoms with E-state index in [0.29, 0.717) is 18.0 Å². The van der Waals surface area contributed by atoms with Crippen LogP contribution in [-0.2, 0) is 0 Å². The van der Waals surface area contributed by atoms with Gasteiger partial charge in [0.15, 0.2) is 0 Å². The number of carbonyl (C=O) groups is 1. The lowest BCUT2D eigenvalue weighted by molar-refractivity contribution is -0.274. The highest BCUT2D eigenvalue weighted by molar-refractivity contribution is 6.18. The predicted molar refractivity (Wildman–Crippen MR) is 72.5 cm³/mol. The minimum Gasteiger partial charge on any atom is -0.406 e. The Kier molecular flexibility index (Phi) is 4.98. The first-order chi connectivity index (χ1) is 9.90. The van der Waals surface area contributed by atoms with Crippen molar-refractivity contribution >= 4 is 17.5 Å². The van der Waals surface area contributed by atoms with Gasteiger partial charge in [-0.1, -0.05) is 0 Å². The normalized spacial score (nSPS) is 15.4. The first-order valence-corrected chi connectivity index (χ1v) is 7.17. The van der Waals surface area contributed by atoms with E-state index in [0.717, 1.165) is 31.4 Å². The first kappa shape index (κ1) is 15.9. The fourth-order valence-corrected chi connectivity index (χ4v) is 2.39. The molecule has 2 rings (SSSR count). The number of rotatable bonds is 5. The van der Waals surface area contributed by atoms with Gasteiger partial charge in [0.25, 0.3) is 5.91 Å². The summed E-state index contributed by atoms with van der Waals surface area (Å²) in [4.78, 5) is 14.1. The number of carbonyl (C=O) groups excluding carboxylic acids is 1. The Morgan fingerprint density at radius 1 is 1.29 bits per heavy atom. The van der Waals surface area contributed by atoms with Gasteiger partial charge < -0.3 is 9.64 Å². The summed E-state index contributed by atoms with van der Waals surface area (Å²) in [7, 11) is 0. The molecule has 0 N–H and O–H groups in total. The van der Waals surface area contributed by atoms with Crippen LogP contribution in [0.15, 0.2) is 24.3 Å². The lowest BCUT2D eigenvalue weighted by Crippen LogP contribution is -2.45. The van der Waals surface area contributed by atoms with Gasteiger partial charge in [-0.3, -0.25) is 4.79 Å². The third-order valence-corrected chi connectivity index (χ3v) is 3.61. The number of halogens is 4. The minimum atomic E-state index is -4.73. The van der Waals surface area contributed by atoms with Crippen LogP contribution >= 0.6 is 11.6 Å². The van der Waals surface area contributed by atoms with E-state index in [1.54, 1.807) is 4.90 Å². The fourth-order valence-electron chi connectivity index (χ4n) is 2.20. The van der Waals surface area contributed by atoms with Gasteiger partial charge in [-0.15, -0.1) is 24.8 Å². The monoisotopic (exact) mass is 321 g/mol. The number of hydrogen-bond donors (Lipinski definition) is 0. The van der Waals surface area contributed by atoms with E-state index in [9.17, 15) is 18.0 Å². The van der Waals surface area contributed by atoms with Crippen LogP contribution < -0.4 is 4.74 Å². The van der Waals surface area contributed by atoms with Gasteiger partial charge in [-0.2, -0.15) is 0 Å². The Labute approximate surface area is 125 Å². The molecule has 0 spiro atoms. The molecule has 21 heavy (non-hydrogen) atoms. The molecule has 1 aromatic carbocycles. The predicted octanol–water partition coefficient (Wildman–Crippen LogP) is 3.82. The number of alkyl halides is 4. The molecule has 3 nitrogen and oxygen atoms in total. The number of hydrogen-bond acceptors (Lipinski definition) is 2. The standard InChI is InChI=1S/C14H15ClF3NO2/c15-8-9-19(11-2-1-3-11)13(20)10-4-6-12(7-5-10)21-14(16,17)18/h4-7,11H,1-3,8-9H2. The van der Waals surface area contributed by atoms with Gasteiger partial charge in [0.2, 0.25) is 0 Å². The molecular weight excluding hydrogens is 307 g/mol. The summed E-state index contributed by atoms with van der Waals surface area (Å²) in [6.45, 7) is 0.436. The van der Waals surface area contributed by atoms with E-state index < -0.39 is 6.36 Å². The van der Waals surface area contributed by atoms with Crippen LogP contribution in [0.5, 0.6) is 5.75 Å². The molecule has 0 atom stereocenters. The maximum absolute atomic E-state index is 12.4. The molecule has 0 aromatic heterocycles. The Balaban J connectivity index is 2.07. The van der Waals surface area contributed by atoms with E-state index in [1.165, 1.54) is 12.1 Å². The Morgan fingerprint density at radius 2 is 1.90 bits per heavy atom. The second-order valence-electron chi connectivity index (χ2n) is 4.84. The van der Waals surface area contributed by atoms with Gasteiger partial charge in [0, 0.05) is 24.0 Å². The zero-order valence-corrected chi connectivity index (χ0v) is 12.0. The Morgan fingerprint density at radius 3 is 2.33 bits per heavy atom. The van der Waals surface area contributed by atoms with Crippen LogP contribution in [0, 0.1) is 0 Å². The molecule has 1 amide bonds. The molecule has 1 fully saturated rings. The maximum Gasteiger partial charge on any atom is 0.573 e. The highest BCUT2D eigenvalue weighted by Crippen LogP contribution is 2.27. The van der Waals surface area contributed by atoms with E-state index in [1.807, 2.05) is 0 Å². The quantitative estimate of drug-likeness (QED) is 0.772. The van der Waals surface area contributed by atoms with Crippen molar-refractivity contribution in [1.29, 1.82) is 0 Å². The van der Waals surface area contributed by atoms with Crippen molar-refractivity contribution in [1.82, 2.24) is 4.90 Å². The van der Waals surface area contributed by atoms with Gasteiger partial charge in [-0.05, 0) is 43.5 Å². The van der Waals surface area contributed by atoms with Gasteiger partial charge in [0.1, 0.15) is 5.75 Å². The molecule has 0 aliphatic heterocycles. The van der Waals surface area contributed by atoms with E-state index in [4.69, 9.17) is 11.6 Å². The van der Waals surface area contributed by atoms with Gasteiger partial charge in [-0.25, -0.2) is 0 Å². The van der Waals surface area contributed by atoms with Gasteiger partial charge >= 0.3 is 6.36 Å². The van der Waals surface area contributed by atoms with Crippen molar-refractivity contribution in [2.24, 2.45) is 0 Å². The average molecular weight is 322 g/mol. The van der Waals surface area contributed by atoms with E-state index in [-0.39, 0.29) is 17.7 Å².